The number of rotatable bonds is 2. The normalized spacial score (nSPS) is 32.3. The molecule has 1 aliphatic heterocycles. The maximum atomic E-state index is 12.2. The molecule has 7 heteroatoms. The van der Waals surface area contributed by atoms with E-state index in [0.29, 0.717) is 5.52 Å². The van der Waals surface area contributed by atoms with Crippen LogP contribution in [-0.4, -0.2) is 56.0 Å². The molecule has 118 valence electrons. The highest BCUT2D eigenvalue weighted by Crippen LogP contribution is 2.29. The molecule has 1 aromatic carbocycles. The van der Waals surface area contributed by atoms with Gasteiger partial charge >= 0.3 is 0 Å². The summed E-state index contributed by atoms with van der Waals surface area (Å²) in [6.45, 7) is -0.541. The van der Waals surface area contributed by atoms with Crippen LogP contribution in [-0.2, 0) is 4.74 Å². The number of nitrogens with zero attached hydrogens (tertiary/aromatic N) is 1. The van der Waals surface area contributed by atoms with Gasteiger partial charge in [-0.3, -0.25) is 9.36 Å². The van der Waals surface area contributed by atoms with Crippen LogP contribution in [0.5, 0.6) is 0 Å². The first kappa shape index (κ1) is 15.1. The van der Waals surface area contributed by atoms with Gasteiger partial charge in [0.25, 0.3) is 5.56 Å². The number of ether oxygens (including phenoxy) is 1. The van der Waals surface area contributed by atoms with Crippen LogP contribution in [0, 0.1) is 0 Å². The second-order valence-electron chi connectivity index (χ2n) is 5.32. The first-order chi connectivity index (χ1) is 10.5. The first-order valence-corrected chi connectivity index (χ1v) is 6.95. The van der Waals surface area contributed by atoms with E-state index in [-0.39, 0.29) is 0 Å². The molecular formula is C15H17NO6. The van der Waals surface area contributed by atoms with Crippen molar-refractivity contribution in [1.82, 2.24) is 4.57 Å². The number of hydrogen-bond donors (Lipinski definition) is 4. The molecule has 5 atom stereocenters. The SMILES string of the molecule is O=c1ccc2ccccc2n1[C@H]1OC(CO)[C@@H](O)[C@H](O)C1O. The lowest BCUT2D eigenvalue weighted by Crippen LogP contribution is -2.57. The topological polar surface area (TPSA) is 112 Å². The molecule has 1 saturated heterocycles. The molecule has 0 bridgehead atoms. The Morgan fingerprint density at radius 3 is 2.45 bits per heavy atom. The predicted molar refractivity (Wildman–Crippen MR) is 77.2 cm³/mol. The Morgan fingerprint density at radius 2 is 1.73 bits per heavy atom. The van der Waals surface area contributed by atoms with E-state index >= 15 is 0 Å². The summed E-state index contributed by atoms with van der Waals surface area (Å²) in [6.07, 6.45) is -6.74. The summed E-state index contributed by atoms with van der Waals surface area (Å²) in [5, 5.41) is 39.9. The minimum absolute atomic E-state index is 0.414. The molecular weight excluding hydrogens is 290 g/mol. The van der Waals surface area contributed by atoms with E-state index < -0.39 is 42.8 Å². The minimum Gasteiger partial charge on any atom is -0.394 e. The molecule has 0 amide bonds. The smallest absolute Gasteiger partial charge is 0.253 e. The van der Waals surface area contributed by atoms with E-state index in [9.17, 15) is 25.2 Å². The average molecular weight is 307 g/mol. The van der Waals surface area contributed by atoms with Crippen LogP contribution in [0.25, 0.3) is 10.9 Å². The van der Waals surface area contributed by atoms with Crippen LogP contribution in [0.4, 0.5) is 0 Å². The zero-order chi connectivity index (χ0) is 15.9. The summed E-state index contributed by atoms with van der Waals surface area (Å²) in [4.78, 5) is 12.2. The van der Waals surface area contributed by atoms with Gasteiger partial charge in [-0.2, -0.15) is 0 Å². The van der Waals surface area contributed by atoms with E-state index in [1.165, 1.54) is 10.6 Å². The standard InChI is InChI=1S/C15H17NO6/c17-7-10-12(19)13(20)14(21)15(22-10)16-9-4-2-1-3-8(9)5-6-11(16)18/h1-6,10,12-15,17,19-21H,7H2/t10?,12-,13+,14?,15+/m1/s1. The van der Waals surface area contributed by atoms with Gasteiger partial charge < -0.3 is 25.2 Å². The molecule has 2 heterocycles. The van der Waals surface area contributed by atoms with Crippen molar-refractivity contribution >= 4 is 10.9 Å². The van der Waals surface area contributed by atoms with Crippen molar-refractivity contribution in [3.8, 4) is 0 Å². The summed E-state index contributed by atoms with van der Waals surface area (Å²) in [5.74, 6) is 0. The summed E-state index contributed by atoms with van der Waals surface area (Å²) in [6, 6.07) is 10.0. The maximum absolute atomic E-state index is 12.2. The predicted octanol–water partition coefficient (Wildman–Crippen LogP) is -1.03. The third kappa shape index (κ3) is 2.33. The van der Waals surface area contributed by atoms with Crippen molar-refractivity contribution in [3.63, 3.8) is 0 Å². The molecule has 2 unspecified atom stereocenters. The Bertz CT molecular complexity index is 727. The van der Waals surface area contributed by atoms with Gasteiger partial charge in [0.05, 0.1) is 12.1 Å². The van der Waals surface area contributed by atoms with E-state index in [2.05, 4.69) is 0 Å². The lowest BCUT2D eigenvalue weighted by molar-refractivity contribution is -0.251. The molecule has 0 spiro atoms. The third-order valence-electron chi connectivity index (χ3n) is 3.96. The number of aromatic nitrogens is 1. The molecule has 3 rings (SSSR count). The summed E-state index contributed by atoms with van der Waals surface area (Å²) >= 11 is 0. The highest BCUT2D eigenvalue weighted by atomic mass is 16.6. The van der Waals surface area contributed by atoms with Crippen LogP contribution >= 0.6 is 0 Å². The van der Waals surface area contributed by atoms with E-state index in [1.807, 2.05) is 6.07 Å². The summed E-state index contributed by atoms with van der Waals surface area (Å²) in [5.41, 5.74) is 0.113. The van der Waals surface area contributed by atoms with E-state index in [4.69, 9.17) is 4.74 Å². The van der Waals surface area contributed by atoms with Gasteiger partial charge in [0.15, 0.2) is 6.23 Å². The van der Waals surface area contributed by atoms with Crippen molar-refractivity contribution in [2.75, 3.05) is 6.61 Å². The van der Waals surface area contributed by atoms with Crippen LogP contribution in [0.1, 0.15) is 6.23 Å². The van der Waals surface area contributed by atoms with Gasteiger partial charge in [-0.1, -0.05) is 18.2 Å². The van der Waals surface area contributed by atoms with Crippen molar-refractivity contribution in [2.24, 2.45) is 0 Å². The number of para-hydroxylation sites is 1. The Kier molecular flexibility index (Phi) is 3.98. The molecule has 1 aliphatic rings. The molecule has 2 aromatic rings. The maximum Gasteiger partial charge on any atom is 0.253 e. The lowest BCUT2D eigenvalue weighted by Gasteiger charge is -2.40. The highest BCUT2D eigenvalue weighted by molar-refractivity contribution is 5.78. The van der Waals surface area contributed by atoms with Crippen molar-refractivity contribution in [1.29, 1.82) is 0 Å². The second-order valence-corrected chi connectivity index (χ2v) is 5.32. The monoisotopic (exact) mass is 307 g/mol. The molecule has 1 aromatic heterocycles. The Balaban J connectivity index is 2.14. The van der Waals surface area contributed by atoms with E-state index in [0.717, 1.165) is 5.39 Å². The zero-order valence-electron chi connectivity index (χ0n) is 11.6. The van der Waals surface area contributed by atoms with Gasteiger partial charge in [0.2, 0.25) is 0 Å². The van der Waals surface area contributed by atoms with E-state index in [1.54, 1.807) is 24.3 Å². The van der Waals surface area contributed by atoms with Gasteiger partial charge in [0, 0.05) is 6.07 Å². The molecule has 0 aliphatic carbocycles. The average Bonchev–Trinajstić information content (AvgIpc) is 2.54. The lowest BCUT2D eigenvalue weighted by atomic mass is 9.98. The van der Waals surface area contributed by atoms with Gasteiger partial charge in [0.1, 0.15) is 24.4 Å². The summed E-state index contributed by atoms with van der Waals surface area (Å²) in [7, 11) is 0. The molecule has 1 fully saturated rings. The minimum atomic E-state index is -1.53. The number of aliphatic hydroxyl groups is 4. The Labute approximate surface area is 125 Å². The zero-order valence-corrected chi connectivity index (χ0v) is 11.6. The van der Waals surface area contributed by atoms with Crippen LogP contribution in [0.2, 0.25) is 0 Å². The number of benzene rings is 1. The van der Waals surface area contributed by atoms with Gasteiger partial charge in [-0.25, -0.2) is 0 Å². The molecule has 0 radical (unpaired) electrons. The number of hydrogen-bond acceptors (Lipinski definition) is 6. The fraction of sp³-hybridized carbons (Fsp3) is 0.400. The third-order valence-corrected chi connectivity index (χ3v) is 3.96. The quantitative estimate of drug-likeness (QED) is 0.565. The highest BCUT2D eigenvalue weighted by Gasteiger charge is 2.44. The van der Waals surface area contributed by atoms with Crippen LogP contribution < -0.4 is 5.56 Å². The van der Waals surface area contributed by atoms with Gasteiger partial charge in [-0.05, 0) is 17.5 Å². The van der Waals surface area contributed by atoms with Crippen molar-refractivity contribution in [3.05, 3.63) is 46.8 Å². The van der Waals surface area contributed by atoms with Crippen LogP contribution in [0.3, 0.4) is 0 Å². The molecule has 22 heavy (non-hydrogen) atoms. The number of fused-ring (bicyclic) bond motifs is 1. The second kappa shape index (κ2) is 5.79. The fourth-order valence-electron chi connectivity index (χ4n) is 2.77. The van der Waals surface area contributed by atoms with Gasteiger partial charge in [-0.15, -0.1) is 0 Å². The van der Waals surface area contributed by atoms with Crippen molar-refractivity contribution < 1.29 is 25.2 Å². The van der Waals surface area contributed by atoms with Crippen LogP contribution in [0.15, 0.2) is 41.2 Å². The Hall–Kier alpha value is -1.77. The fourth-order valence-corrected chi connectivity index (χ4v) is 2.77. The largest absolute Gasteiger partial charge is 0.394 e. The Morgan fingerprint density at radius 1 is 1.00 bits per heavy atom. The molecule has 0 saturated carbocycles. The molecule has 4 N–H and O–H groups in total. The summed E-state index contributed by atoms with van der Waals surface area (Å²) < 4.78 is 6.68. The number of aliphatic hydroxyl groups excluding tert-OH is 4. The first-order valence-electron chi connectivity index (χ1n) is 6.95. The number of pyridine rings is 1. The van der Waals surface area contributed by atoms with Crippen molar-refractivity contribution in [2.45, 2.75) is 30.6 Å². The molecule has 7 nitrogen and oxygen atoms in total.